The standard InChI is InChI=1S/C20H35N7O2.HI/c1-6-17-25-23-13-26(17)10-9-22-18(21-5)24-14-11-15-7-8-16(12-14)27(15)19(28)29-20(2,3)4;/h13-16H,6-12H2,1-5H3,(H2,21,22,24);1H. The number of fused-ring (bicyclic) bond motifs is 2. The second kappa shape index (κ2) is 10.6. The van der Waals surface area contributed by atoms with Gasteiger partial charge in [0, 0.05) is 44.7 Å². The smallest absolute Gasteiger partial charge is 0.410 e. The van der Waals surface area contributed by atoms with Crippen molar-refractivity contribution in [3.05, 3.63) is 12.2 Å². The highest BCUT2D eigenvalue weighted by Gasteiger charge is 2.45. The van der Waals surface area contributed by atoms with E-state index < -0.39 is 5.60 Å². The molecule has 3 heterocycles. The molecule has 30 heavy (non-hydrogen) atoms. The van der Waals surface area contributed by atoms with Crippen molar-refractivity contribution >= 4 is 36.0 Å². The summed E-state index contributed by atoms with van der Waals surface area (Å²) in [7, 11) is 1.79. The van der Waals surface area contributed by atoms with Crippen LogP contribution >= 0.6 is 24.0 Å². The van der Waals surface area contributed by atoms with E-state index in [0.717, 1.165) is 57.0 Å². The number of nitrogens with one attached hydrogen (secondary N) is 2. The first-order valence-corrected chi connectivity index (χ1v) is 10.7. The molecular formula is C20H36IN7O2. The van der Waals surface area contributed by atoms with Gasteiger partial charge in [-0.25, -0.2) is 4.79 Å². The van der Waals surface area contributed by atoms with Crippen LogP contribution in [0.5, 0.6) is 0 Å². The van der Waals surface area contributed by atoms with Crippen LogP contribution in [0.25, 0.3) is 0 Å². The summed E-state index contributed by atoms with van der Waals surface area (Å²) in [5, 5.41) is 15.0. The van der Waals surface area contributed by atoms with Gasteiger partial charge in [0.05, 0.1) is 0 Å². The zero-order valence-corrected chi connectivity index (χ0v) is 21.1. The fourth-order valence-corrected chi connectivity index (χ4v) is 4.33. The number of guanidine groups is 1. The molecule has 2 fully saturated rings. The average Bonchev–Trinajstić information content (AvgIpc) is 3.21. The van der Waals surface area contributed by atoms with E-state index in [9.17, 15) is 4.79 Å². The molecule has 2 aliphatic rings. The van der Waals surface area contributed by atoms with Crippen LogP contribution < -0.4 is 10.6 Å². The van der Waals surface area contributed by atoms with Gasteiger partial charge in [-0.1, -0.05) is 6.92 Å². The molecule has 170 valence electrons. The molecule has 0 aromatic carbocycles. The van der Waals surface area contributed by atoms with E-state index in [1.54, 1.807) is 13.4 Å². The number of piperidine rings is 1. The topological polar surface area (TPSA) is 96.7 Å². The number of carbonyl (C=O) groups excluding carboxylic acids is 1. The summed E-state index contributed by atoms with van der Waals surface area (Å²) in [5.74, 6) is 1.78. The summed E-state index contributed by atoms with van der Waals surface area (Å²) in [6.07, 6.45) is 6.38. The van der Waals surface area contributed by atoms with Gasteiger partial charge in [0.15, 0.2) is 5.96 Å². The monoisotopic (exact) mass is 533 g/mol. The molecule has 0 spiro atoms. The highest BCUT2D eigenvalue weighted by atomic mass is 127. The zero-order chi connectivity index (χ0) is 21.0. The number of amides is 1. The van der Waals surface area contributed by atoms with Crippen LogP contribution in [0.15, 0.2) is 11.3 Å². The maximum absolute atomic E-state index is 12.6. The van der Waals surface area contributed by atoms with E-state index in [-0.39, 0.29) is 42.2 Å². The zero-order valence-electron chi connectivity index (χ0n) is 18.7. The summed E-state index contributed by atoms with van der Waals surface area (Å²) >= 11 is 0. The van der Waals surface area contributed by atoms with E-state index >= 15 is 0 Å². The van der Waals surface area contributed by atoms with Gasteiger partial charge < -0.3 is 24.8 Å². The van der Waals surface area contributed by atoms with Crippen molar-refractivity contribution in [1.29, 1.82) is 0 Å². The maximum Gasteiger partial charge on any atom is 0.410 e. The molecule has 1 aromatic rings. The van der Waals surface area contributed by atoms with Gasteiger partial charge in [0.1, 0.15) is 17.8 Å². The lowest BCUT2D eigenvalue weighted by Gasteiger charge is -2.40. The minimum Gasteiger partial charge on any atom is -0.444 e. The van der Waals surface area contributed by atoms with Crippen molar-refractivity contribution in [1.82, 2.24) is 30.3 Å². The fraction of sp³-hybridized carbons (Fsp3) is 0.800. The van der Waals surface area contributed by atoms with E-state index in [2.05, 4.69) is 37.3 Å². The van der Waals surface area contributed by atoms with Crippen molar-refractivity contribution in [3.63, 3.8) is 0 Å². The third kappa shape index (κ3) is 6.21. The number of hydrogen-bond acceptors (Lipinski definition) is 5. The molecular weight excluding hydrogens is 497 g/mol. The van der Waals surface area contributed by atoms with Gasteiger partial charge in [-0.2, -0.15) is 0 Å². The quantitative estimate of drug-likeness (QED) is 0.343. The SMILES string of the molecule is CCc1nncn1CCNC(=NC)NC1CC2CCC(C1)N2C(=O)OC(C)(C)C.I. The van der Waals surface area contributed by atoms with Gasteiger partial charge in [-0.3, -0.25) is 4.99 Å². The molecule has 2 bridgehead atoms. The molecule has 9 nitrogen and oxygen atoms in total. The first-order valence-electron chi connectivity index (χ1n) is 10.7. The Hall–Kier alpha value is -1.59. The normalized spacial score (nSPS) is 23.7. The van der Waals surface area contributed by atoms with Crippen molar-refractivity contribution in [2.24, 2.45) is 4.99 Å². The molecule has 0 aliphatic carbocycles. The van der Waals surface area contributed by atoms with Crippen LogP contribution in [0.3, 0.4) is 0 Å². The lowest BCUT2D eigenvalue weighted by atomic mass is 9.98. The van der Waals surface area contributed by atoms with Gasteiger partial charge in [0.2, 0.25) is 0 Å². The van der Waals surface area contributed by atoms with Crippen molar-refractivity contribution in [2.75, 3.05) is 13.6 Å². The highest BCUT2D eigenvalue weighted by Crippen LogP contribution is 2.36. The van der Waals surface area contributed by atoms with E-state index in [1.165, 1.54) is 0 Å². The Labute approximate surface area is 196 Å². The van der Waals surface area contributed by atoms with Crippen LogP contribution in [0.4, 0.5) is 4.79 Å². The Balaban J connectivity index is 0.00000320. The van der Waals surface area contributed by atoms with Crippen LogP contribution in [0.1, 0.15) is 59.2 Å². The number of nitrogens with zero attached hydrogens (tertiary/aromatic N) is 5. The third-order valence-electron chi connectivity index (χ3n) is 5.56. The summed E-state index contributed by atoms with van der Waals surface area (Å²) < 4.78 is 7.68. The van der Waals surface area contributed by atoms with Crippen molar-refractivity contribution in [3.8, 4) is 0 Å². The van der Waals surface area contributed by atoms with Crippen molar-refractivity contribution < 1.29 is 9.53 Å². The van der Waals surface area contributed by atoms with E-state index in [0.29, 0.717) is 6.04 Å². The predicted octanol–water partition coefficient (Wildman–Crippen LogP) is 2.55. The summed E-state index contributed by atoms with van der Waals surface area (Å²) in [6, 6.07) is 0.783. The van der Waals surface area contributed by atoms with Gasteiger partial charge in [-0.15, -0.1) is 34.2 Å². The lowest BCUT2D eigenvalue weighted by molar-refractivity contribution is 0.00545. The minimum atomic E-state index is -0.458. The number of ether oxygens (including phenoxy) is 1. The number of aryl methyl sites for hydroxylation is 1. The second-order valence-corrected chi connectivity index (χ2v) is 8.88. The molecule has 2 saturated heterocycles. The maximum atomic E-state index is 12.6. The third-order valence-corrected chi connectivity index (χ3v) is 5.56. The fourth-order valence-electron chi connectivity index (χ4n) is 4.33. The average molecular weight is 533 g/mol. The molecule has 0 saturated carbocycles. The minimum absolute atomic E-state index is 0. The Morgan fingerprint density at radius 3 is 2.53 bits per heavy atom. The molecule has 1 amide bonds. The van der Waals surface area contributed by atoms with Crippen LogP contribution in [-0.2, 0) is 17.7 Å². The molecule has 2 N–H and O–H groups in total. The predicted molar refractivity (Wildman–Crippen MR) is 127 cm³/mol. The lowest BCUT2D eigenvalue weighted by Crippen LogP contribution is -2.55. The second-order valence-electron chi connectivity index (χ2n) is 8.88. The molecule has 1 aromatic heterocycles. The van der Waals surface area contributed by atoms with Crippen LogP contribution in [0.2, 0.25) is 0 Å². The van der Waals surface area contributed by atoms with Gasteiger partial charge in [0.25, 0.3) is 0 Å². The number of rotatable bonds is 5. The number of carbonyl (C=O) groups is 1. The van der Waals surface area contributed by atoms with Crippen LogP contribution in [-0.4, -0.2) is 69.0 Å². The van der Waals surface area contributed by atoms with Gasteiger partial charge in [-0.05, 0) is 46.5 Å². The highest BCUT2D eigenvalue weighted by molar-refractivity contribution is 14.0. The Morgan fingerprint density at radius 2 is 1.97 bits per heavy atom. The molecule has 2 atom stereocenters. The molecule has 0 radical (unpaired) electrons. The number of halogens is 1. The van der Waals surface area contributed by atoms with E-state index in [1.807, 2.05) is 25.7 Å². The number of aliphatic imine (C=N–C) groups is 1. The Kier molecular flexibility index (Phi) is 8.74. The molecule has 2 aliphatic heterocycles. The van der Waals surface area contributed by atoms with Gasteiger partial charge >= 0.3 is 6.09 Å². The molecule has 10 heteroatoms. The Bertz CT molecular complexity index is 717. The van der Waals surface area contributed by atoms with Crippen LogP contribution in [0, 0.1) is 0 Å². The van der Waals surface area contributed by atoms with E-state index in [4.69, 9.17) is 4.74 Å². The number of hydrogen-bond donors (Lipinski definition) is 2. The molecule has 3 rings (SSSR count). The Morgan fingerprint density at radius 1 is 1.30 bits per heavy atom. The largest absolute Gasteiger partial charge is 0.444 e. The summed E-state index contributed by atoms with van der Waals surface area (Å²) in [6.45, 7) is 9.36. The summed E-state index contributed by atoms with van der Waals surface area (Å²) in [5.41, 5.74) is -0.458. The van der Waals surface area contributed by atoms with Crippen molar-refractivity contribution in [2.45, 2.75) is 90.1 Å². The first-order chi connectivity index (χ1) is 13.8. The summed E-state index contributed by atoms with van der Waals surface area (Å²) in [4.78, 5) is 18.9. The molecule has 2 unspecified atom stereocenters. The number of aromatic nitrogens is 3. The first kappa shape index (κ1) is 24.7.